The van der Waals surface area contributed by atoms with E-state index in [1.54, 1.807) is 21.3 Å². The van der Waals surface area contributed by atoms with Gasteiger partial charge in [-0.2, -0.15) is 0 Å². The first kappa shape index (κ1) is 19.2. The topological polar surface area (TPSA) is 52.9 Å². The van der Waals surface area contributed by atoms with E-state index in [2.05, 4.69) is 10.6 Å². The maximum atomic E-state index is 12.9. The molecule has 0 aliphatic carbocycles. The van der Waals surface area contributed by atoms with Crippen LogP contribution in [-0.4, -0.2) is 43.2 Å². The molecule has 0 spiro atoms. The van der Waals surface area contributed by atoms with Gasteiger partial charge in [0.05, 0.1) is 21.3 Å². The first-order valence-corrected chi connectivity index (χ1v) is 9.77. The van der Waals surface area contributed by atoms with Crippen LogP contribution in [0.15, 0.2) is 42.6 Å². The Bertz CT molecular complexity index is 1040. The molecular weight excluding hydrogens is 368 g/mol. The van der Waals surface area contributed by atoms with Crippen molar-refractivity contribution in [3.05, 3.63) is 53.7 Å². The second kappa shape index (κ2) is 8.07. The average Bonchev–Trinajstić information content (AvgIpc) is 3.17. The van der Waals surface area contributed by atoms with E-state index < -0.39 is 0 Å². The number of methoxy groups -OCH3 is 3. The van der Waals surface area contributed by atoms with Crippen molar-refractivity contribution in [2.24, 2.45) is 0 Å². The Morgan fingerprint density at radius 3 is 2.45 bits per heavy atom. The number of amides is 1. The minimum absolute atomic E-state index is 0.167. The highest BCUT2D eigenvalue weighted by Crippen LogP contribution is 2.33. The number of nitrogens with zero attached hydrogens (tertiary/aromatic N) is 2. The van der Waals surface area contributed by atoms with Crippen LogP contribution in [0.4, 0.5) is 0 Å². The number of carbonyl (C=O) groups excluding carboxylic acids is 1. The molecule has 0 saturated heterocycles. The number of hydrogen-bond donors (Lipinski definition) is 0. The maximum absolute atomic E-state index is 12.9. The van der Waals surface area contributed by atoms with Crippen LogP contribution in [0.2, 0.25) is 0 Å². The smallest absolute Gasteiger partial charge is 0.224 e. The molecule has 4 rings (SSSR count). The summed E-state index contributed by atoms with van der Waals surface area (Å²) in [5.74, 6) is 2.45. The fourth-order valence-electron chi connectivity index (χ4n) is 3.97. The number of carbonyl (C=O) groups is 1. The van der Waals surface area contributed by atoms with Gasteiger partial charge in [0, 0.05) is 43.2 Å². The van der Waals surface area contributed by atoms with Gasteiger partial charge in [0.25, 0.3) is 0 Å². The molecule has 0 bridgehead atoms. The summed E-state index contributed by atoms with van der Waals surface area (Å²) >= 11 is 0. The van der Waals surface area contributed by atoms with E-state index in [1.807, 2.05) is 41.4 Å². The van der Waals surface area contributed by atoms with Crippen molar-refractivity contribution in [3.8, 4) is 17.2 Å². The fraction of sp³-hybridized carbons (Fsp3) is 0.348. The number of rotatable bonds is 6. The standard InChI is InChI=1S/C23H26N2O4/c1-27-19-4-5-20-17(12-19)7-9-24(20)11-8-23(26)25-10-6-16-13-21(28-2)22(29-3)14-18(16)15-25/h4-5,7,9,12-14H,6,8,10-11,15H2,1-3H3. The molecule has 1 amide bonds. The van der Waals surface area contributed by atoms with Crippen LogP contribution < -0.4 is 14.2 Å². The molecule has 0 N–H and O–H groups in total. The summed E-state index contributed by atoms with van der Waals surface area (Å²) in [6, 6.07) is 12.1. The van der Waals surface area contributed by atoms with E-state index in [4.69, 9.17) is 14.2 Å². The minimum atomic E-state index is 0.167. The van der Waals surface area contributed by atoms with E-state index >= 15 is 0 Å². The summed E-state index contributed by atoms with van der Waals surface area (Å²) in [5.41, 5.74) is 3.46. The molecule has 0 saturated carbocycles. The number of ether oxygens (including phenoxy) is 3. The Kier molecular flexibility index (Phi) is 5.34. The summed E-state index contributed by atoms with van der Waals surface area (Å²) in [7, 11) is 4.94. The molecule has 0 radical (unpaired) electrons. The Balaban J connectivity index is 1.44. The maximum Gasteiger partial charge on any atom is 0.224 e. The third-order valence-electron chi connectivity index (χ3n) is 5.62. The summed E-state index contributed by atoms with van der Waals surface area (Å²) in [6.07, 6.45) is 3.33. The van der Waals surface area contributed by atoms with Gasteiger partial charge in [-0.1, -0.05) is 0 Å². The van der Waals surface area contributed by atoms with Gasteiger partial charge < -0.3 is 23.7 Å². The summed E-state index contributed by atoms with van der Waals surface area (Å²) in [6.45, 7) is 1.99. The van der Waals surface area contributed by atoms with Crippen molar-refractivity contribution >= 4 is 16.8 Å². The van der Waals surface area contributed by atoms with Gasteiger partial charge in [0.1, 0.15) is 5.75 Å². The third-order valence-corrected chi connectivity index (χ3v) is 5.62. The van der Waals surface area contributed by atoms with Crippen LogP contribution in [0.25, 0.3) is 10.9 Å². The summed E-state index contributed by atoms with van der Waals surface area (Å²) in [5, 5.41) is 1.12. The average molecular weight is 394 g/mol. The van der Waals surface area contributed by atoms with Crippen molar-refractivity contribution in [2.45, 2.75) is 25.9 Å². The molecule has 1 aliphatic heterocycles. The predicted molar refractivity (Wildman–Crippen MR) is 112 cm³/mol. The molecule has 152 valence electrons. The molecule has 29 heavy (non-hydrogen) atoms. The normalized spacial score (nSPS) is 13.3. The van der Waals surface area contributed by atoms with E-state index in [-0.39, 0.29) is 5.91 Å². The van der Waals surface area contributed by atoms with Gasteiger partial charge in [-0.25, -0.2) is 0 Å². The van der Waals surface area contributed by atoms with E-state index in [0.717, 1.165) is 40.9 Å². The van der Waals surface area contributed by atoms with Crippen LogP contribution in [0.1, 0.15) is 17.5 Å². The molecule has 2 aromatic carbocycles. The van der Waals surface area contributed by atoms with Crippen LogP contribution >= 0.6 is 0 Å². The van der Waals surface area contributed by atoms with Crippen molar-refractivity contribution in [1.82, 2.24) is 9.47 Å². The zero-order valence-corrected chi connectivity index (χ0v) is 17.1. The monoisotopic (exact) mass is 394 g/mol. The highest BCUT2D eigenvalue weighted by atomic mass is 16.5. The number of fused-ring (bicyclic) bond motifs is 2. The zero-order chi connectivity index (χ0) is 20.4. The summed E-state index contributed by atoms with van der Waals surface area (Å²) in [4.78, 5) is 14.8. The van der Waals surface area contributed by atoms with E-state index in [0.29, 0.717) is 25.3 Å². The molecule has 6 nitrogen and oxygen atoms in total. The Morgan fingerprint density at radius 2 is 1.72 bits per heavy atom. The molecule has 2 heterocycles. The third kappa shape index (κ3) is 3.75. The van der Waals surface area contributed by atoms with Crippen LogP contribution in [0, 0.1) is 0 Å². The van der Waals surface area contributed by atoms with Gasteiger partial charge >= 0.3 is 0 Å². The number of hydrogen-bond acceptors (Lipinski definition) is 4. The molecule has 0 fully saturated rings. The van der Waals surface area contributed by atoms with E-state index in [9.17, 15) is 4.79 Å². The van der Waals surface area contributed by atoms with Crippen LogP contribution in [-0.2, 0) is 24.3 Å². The lowest BCUT2D eigenvalue weighted by molar-refractivity contribution is -0.132. The lowest BCUT2D eigenvalue weighted by Crippen LogP contribution is -2.36. The van der Waals surface area contributed by atoms with Crippen molar-refractivity contribution in [3.63, 3.8) is 0 Å². The minimum Gasteiger partial charge on any atom is -0.497 e. The lowest BCUT2D eigenvalue weighted by Gasteiger charge is -2.30. The second-order valence-electron chi connectivity index (χ2n) is 7.23. The molecule has 0 unspecified atom stereocenters. The summed E-state index contributed by atoms with van der Waals surface area (Å²) < 4.78 is 18.2. The Hall–Kier alpha value is -3.15. The number of aryl methyl sites for hydroxylation is 1. The molecule has 6 heteroatoms. The zero-order valence-electron chi connectivity index (χ0n) is 17.1. The van der Waals surface area contributed by atoms with Crippen molar-refractivity contribution in [1.29, 1.82) is 0 Å². The van der Waals surface area contributed by atoms with E-state index in [1.165, 1.54) is 5.56 Å². The van der Waals surface area contributed by atoms with Crippen molar-refractivity contribution in [2.75, 3.05) is 27.9 Å². The Morgan fingerprint density at radius 1 is 0.966 bits per heavy atom. The molecule has 1 aliphatic rings. The first-order chi connectivity index (χ1) is 14.1. The number of aromatic nitrogens is 1. The predicted octanol–water partition coefficient (Wildman–Crippen LogP) is 3.64. The van der Waals surface area contributed by atoms with Gasteiger partial charge in [-0.3, -0.25) is 4.79 Å². The molecular formula is C23H26N2O4. The highest BCUT2D eigenvalue weighted by molar-refractivity contribution is 5.82. The number of benzene rings is 2. The molecule has 3 aromatic rings. The quantitative estimate of drug-likeness (QED) is 0.641. The second-order valence-corrected chi connectivity index (χ2v) is 7.23. The molecule has 1 aromatic heterocycles. The van der Waals surface area contributed by atoms with Crippen molar-refractivity contribution < 1.29 is 19.0 Å². The van der Waals surface area contributed by atoms with Crippen LogP contribution in [0.5, 0.6) is 17.2 Å². The van der Waals surface area contributed by atoms with Gasteiger partial charge in [-0.05, 0) is 53.9 Å². The SMILES string of the molecule is COc1ccc2c(ccn2CCC(=O)N2CCc3cc(OC)c(OC)cc3C2)c1. The van der Waals surface area contributed by atoms with Gasteiger partial charge in [0.15, 0.2) is 11.5 Å². The largest absolute Gasteiger partial charge is 0.497 e. The van der Waals surface area contributed by atoms with Crippen LogP contribution in [0.3, 0.4) is 0 Å². The van der Waals surface area contributed by atoms with Gasteiger partial charge in [0.2, 0.25) is 5.91 Å². The molecule has 0 atom stereocenters. The first-order valence-electron chi connectivity index (χ1n) is 9.77. The highest BCUT2D eigenvalue weighted by Gasteiger charge is 2.22. The lowest BCUT2D eigenvalue weighted by atomic mass is 9.98. The fourth-order valence-corrected chi connectivity index (χ4v) is 3.97. The van der Waals surface area contributed by atoms with Gasteiger partial charge in [-0.15, -0.1) is 0 Å². The Labute approximate surface area is 170 Å².